The number of hydrogen-bond donors (Lipinski definition) is 1. The zero-order chi connectivity index (χ0) is 8.97. The van der Waals surface area contributed by atoms with E-state index in [1.54, 1.807) is 7.11 Å². The molecule has 0 saturated carbocycles. The second kappa shape index (κ2) is 4.30. The standard InChI is InChI=1S/C8H8INO2/c1-12-8-3-2-7(9)4-6(8)5-10-11/h2-5,11H,1H3/b10-5+. The van der Waals surface area contributed by atoms with Crippen LogP contribution in [0, 0.1) is 3.57 Å². The van der Waals surface area contributed by atoms with Crippen LogP contribution in [0.25, 0.3) is 0 Å². The summed E-state index contributed by atoms with van der Waals surface area (Å²) < 4.78 is 6.12. The highest BCUT2D eigenvalue weighted by Gasteiger charge is 1.99. The molecule has 64 valence electrons. The molecule has 0 spiro atoms. The number of methoxy groups -OCH3 is 1. The molecule has 0 aliphatic heterocycles. The van der Waals surface area contributed by atoms with Crippen LogP contribution in [0.15, 0.2) is 23.4 Å². The van der Waals surface area contributed by atoms with E-state index in [-0.39, 0.29) is 0 Å². The van der Waals surface area contributed by atoms with Gasteiger partial charge >= 0.3 is 0 Å². The van der Waals surface area contributed by atoms with Crippen LogP contribution in [0.5, 0.6) is 5.75 Å². The molecule has 0 fully saturated rings. The zero-order valence-electron chi connectivity index (χ0n) is 6.49. The van der Waals surface area contributed by atoms with Crippen molar-refractivity contribution >= 4 is 28.8 Å². The maximum Gasteiger partial charge on any atom is 0.127 e. The van der Waals surface area contributed by atoms with Gasteiger partial charge in [-0.05, 0) is 40.8 Å². The summed E-state index contributed by atoms with van der Waals surface area (Å²) in [7, 11) is 1.58. The molecule has 4 heteroatoms. The fourth-order valence-electron chi connectivity index (χ4n) is 0.868. The molecule has 0 saturated heterocycles. The highest BCUT2D eigenvalue weighted by atomic mass is 127. The summed E-state index contributed by atoms with van der Waals surface area (Å²) in [5.74, 6) is 0.702. The third-order valence-electron chi connectivity index (χ3n) is 1.39. The molecule has 3 nitrogen and oxygen atoms in total. The monoisotopic (exact) mass is 277 g/mol. The first-order chi connectivity index (χ1) is 5.77. The maximum absolute atomic E-state index is 8.34. The minimum atomic E-state index is 0.702. The largest absolute Gasteiger partial charge is 0.496 e. The first-order valence-electron chi connectivity index (χ1n) is 3.29. The Morgan fingerprint density at radius 1 is 1.58 bits per heavy atom. The lowest BCUT2D eigenvalue weighted by Gasteiger charge is -2.03. The van der Waals surface area contributed by atoms with Crippen molar-refractivity contribution in [1.29, 1.82) is 0 Å². The number of oxime groups is 1. The quantitative estimate of drug-likeness (QED) is 0.389. The maximum atomic E-state index is 8.34. The van der Waals surface area contributed by atoms with Crippen LogP contribution in [0.3, 0.4) is 0 Å². The molecular weight excluding hydrogens is 269 g/mol. The zero-order valence-corrected chi connectivity index (χ0v) is 8.65. The normalized spacial score (nSPS) is 10.5. The van der Waals surface area contributed by atoms with Gasteiger partial charge in [0.25, 0.3) is 0 Å². The van der Waals surface area contributed by atoms with Gasteiger partial charge in [-0.1, -0.05) is 5.16 Å². The smallest absolute Gasteiger partial charge is 0.127 e. The van der Waals surface area contributed by atoms with E-state index in [2.05, 4.69) is 27.7 Å². The summed E-state index contributed by atoms with van der Waals surface area (Å²) in [6.45, 7) is 0. The Kier molecular flexibility index (Phi) is 3.33. The van der Waals surface area contributed by atoms with E-state index < -0.39 is 0 Å². The molecule has 1 rings (SSSR count). The van der Waals surface area contributed by atoms with Crippen molar-refractivity contribution < 1.29 is 9.94 Å². The van der Waals surface area contributed by atoms with Crippen molar-refractivity contribution in [1.82, 2.24) is 0 Å². The molecule has 0 heterocycles. The number of ether oxygens (including phenoxy) is 1. The molecular formula is C8H8INO2. The Balaban J connectivity index is 3.12. The van der Waals surface area contributed by atoms with Crippen molar-refractivity contribution in [3.63, 3.8) is 0 Å². The fraction of sp³-hybridized carbons (Fsp3) is 0.125. The van der Waals surface area contributed by atoms with Gasteiger partial charge in [0.05, 0.1) is 13.3 Å². The lowest BCUT2D eigenvalue weighted by molar-refractivity contribution is 0.321. The predicted octanol–water partition coefficient (Wildman–Crippen LogP) is 2.11. The molecule has 0 aliphatic carbocycles. The Morgan fingerprint density at radius 2 is 2.33 bits per heavy atom. The fourth-order valence-corrected chi connectivity index (χ4v) is 1.38. The second-order valence-electron chi connectivity index (χ2n) is 2.13. The molecule has 1 N–H and O–H groups in total. The van der Waals surface area contributed by atoms with Crippen molar-refractivity contribution in [3.8, 4) is 5.75 Å². The summed E-state index contributed by atoms with van der Waals surface area (Å²) in [4.78, 5) is 0. The topological polar surface area (TPSA) is 41.8 Å². The highest BCUT2D eigenvalue weighted by molar-refractivity contribution is 14.1. The first kappa shape index (κ1) is 9.31. The Bertz CT molecular complexity index is 299. The van der Waals surface area contributed by atoms with E-state index in [0.717, 1.165) is 9.13 Å². The molecule has 0 radical (unpaired) electrons. The average Bonchev–Trinajstić information content (AvgIpc) is 2.05. The van der Waals surface area contributed by atoms with Gasteiger partial charge in [-0.15, -0.1) is 0 Å². The third-order valence-corrected chi connectivity index (χ3v) is 2.06. The van der Waals surface area contributed by atoms with Gasteiger partial charge < -0.3 is 9.94 Å². The minimum Gasteiger partial charge on any atom is -0.496 e. The molecule has 0 aliphatic rings. The summed E-state index contributed by atoms with van der Waals surface area (Å²) in [6.07, 6.45) is 1.35. The van der Waals surface area contributed by atoms with Gasteiger partial charge in [0.15, 0.2) is 0 Å². The molecule has 1 aromatic carbocycles. The van der Waals surface area contributed by atoms with Gasteiger partial charge in [0.1, 0.15) is 5.75 Å². The Hall–Kier alpha value is -0.780. The Labute approximate surface area is 84.2 Å². The van der Waals surface area contributed by atoms with Gasteiger partial charge in [-0.25, -0.2) is 0 Å². The molecule has 0 atom stereocenters. The lowest BCUT2D eigenvalue weighted by Crippen LogP contribution is -1.91. The van der Waals surface area contributed by atoms with Gasteiger partial charge in [0.2, 0.25) is 0 Å². The number of benzene rings is 1. The summed E-state index contributed by atoms with van der Waals surface area (Å²) in [6, 6.07) is 5.63. The summed E-state index contributed by atoms with van der Waals surface area (Å²) >= 11 is 2.18. The van der Waals surface area contributed by atoms with E-state index in [1.165, 1.54) is 6.21 Å². The van der Waals surface area contributed by atoms with Crippen molar-refractivity contribution in [3.05, 3.63) is 27.3 Å². The van der Waals surface area contributed by atoms with E-state index in [1.807, 2.05) is 18.2 Å². The SMILES string of the molecule is COc1ccc(I)cc1/C=N/O. The van der Waals surface area contributed by atoms with Gasteiger partial charge in [-0.3, -0.25) is 0 Å². The van der Waals surface area contributed by atoms with Gasteiger partial charge in [0, 0.05) is 9.13 Å². The predicted molar refractivity (Wildman–Crippen MR) is 55.1 cm³/mol. The number of rotatable bonds is 2. The summed E-state index contributed by atoms with van der Waals surface area (Å²) in [5, 5.41) is 11.3. The molecule has 0 aromatic heterocycles. The Morgan fingerprint density at radius 3 is 2.92 bits per heavy atom. The molecule has 0 unspecified atom stereocenters. The van der Waals surface area contributed by atoms with Crippen LogP contribution in [0.4, 0.5) is 0 Å². The van der Waals surface area contributed by atoms with Crippen LogP contribution in [-0.2, 0) is 0 Å². The third kappa shape index (κ3) is 2.10. The van der Waals surface area contributed by atoms with Crippen molar-refractivity contribution in [2.24, 2.45) is 5.16 Å². The molecule has 1 aromatic rings. The highest BCUT2D eigenvalue weighted by Crippen LogP contribution is 2.18. The van der Waals surface area contributed by atoms with E-state index in [4.69, 9.17) is 9.94 Å². The van der Waals surface area contributed by atoms with E-state index in [9.17, 15) is 0 Å². The number of halogens is 1. The van der Waals surface area contributed by atoms with Crippen molar-refractivity contribution in [2.75, 3.05) is 7.11 Å². The minimum absolute atomic E-state index is 0.702. The number of nitrogens with zero attached hydrogens (tertiary/aromatic N) is 1. The lowest BCUT2D eigenvalue weighted by atomic mass is 10.2. The average molecular weight is 277 g/mol. The van der Waals surface area contributed by atoms with E-state index >= 15 is 0 Å². The van der Waals surface area contributed by atoms with Crippen LogP contribution >= 0.6 is 22.6 Å². The number of hydrogen-bond acceptors (Lipinski definition) is 3. The van der Waals surface area contributed by atoms with Crippen LogP contribution in [0.1, 0.15) is 5.56 Å². The molecule has 12 heavy (non-hydrogen) atoms. The molecule has 0 bridgehead atoms. The second-order valence-corrected chi connectivity index (χ2v) is 3.38. The van der Waals surface area contributed by atoms with Crippen LogP contribution in [0.2, 0.25) is 0 Å². The molecule has 0 amide bonds. The van der Waals surface area contributed by atoms with Crippen LogP contribution < -0.4 is 4.74 Å². The summed E-state index contributed by atoms with van der Waals surface area (Å²) in [5.41, 5.74) is 0.770. The van der Waals surface area contributed by atoms with Crippen molar-refractivity contribution in [2.45, 2.75) is 0 Å². The van der Waals surface area contributed by atoms with Crippen LogP contribution in [-0.4, -0.2) is 18.5 Å². The van der Waals surface area contributed by atoms with Gasteiger partial charge in [-0.2, -0.15) is 0 Å². The van der Waals surface area contributed by atoms with E-state index in [0.29, 0.717) is 5.75 Å². The first-order valence-corrected chi connectivity index (χ1v) is 4.37.